The number of rotatable bonds is 11. The van der Waals surface area contributed by atoms with Gasteiger partial charge in [0.05, 0.1) is 0 Å². The number of unbranched alkanes of at least 4 members (excludes halogenated alkanes) is 7. The topological polar surface area (TPSA) is 0 Å². The maximum absolute atomic E-state index is 1.60. The van der Waals surface area contributed by atoms with Gasteiger partial charge in [-0.3, -0.25) is 0 Å². The van der Waals surface area contributed by atoms with Gasteiger partial charge in [0.2, 0.25) is 0 Å². The summed E-state index contributed by atoms with van der Waals surface area (Å²) in [7, 11) is 0. The number of fused-ring (bicyclic) bond motifs is 2. The first-order valence-corrected chi connectivity index (χ1v) is 13.9. The van der Waals surface area contributed by atoms with Crippen LogP contribution in [-0.2, 0) is 0 Å². The Morgan fingerprint density at radius 1 is 0.357 bits per heavy atom. The summed E-state index contributed by atoms with van der Waals surface area (Å²) in [6.45, 7) is 0. The van der Waals surface area contributed by atoms with Crippen LogP contribution < -0.4 is 0 Å². The lowest BCUT2D eigenvalue weighted by molar-refractivity contribution is 0.197. The van der Waals surface area contributed by atoms with Crippen molar-refractivity contribution in [2.75, 3.05) is 0 Å². The summed E-state index contributed by atoms with van der Waals surface area (Å²) < 4.78 is 0. The molecule has 0 amide bonds. The van der Waals surface area contributed by atoms with Crippen LogP contribution in [-0.4, -0.2) is 0 Å². The van der Waals surface area contributed by atoms with Crippen LogP contribution in [0.5, 0.6) is 0 Å². The minimum Gasteiger partial charge on any atom is -0.0533 e. The molecule has 4 aliphatic rings. The van der Waals surface area contributed by atoms with Gasteiger partial charge in [0, 0.05) is 0 Å². The highest BCUT2D eigenvalue weighted by Crippen LogP contribution is 2.46. The highest BCUT2D eigenvalue weighted by atomic mass is 14.4. The van der Waals surface area contributed by atoms with Gasteiger partial charge in [-0.15, -0.1) is 0 Å². The van der Waals surface area contributed by atoms with Crippen molar-refractivity contribution >= 4 is 0 Å². The van der Waals surface area contributed by atoms with Crippen molar-refractivity contribution in [1.29, 1.82) is 0 Å². The Morgan fingerprint density at radius 3 is 1.21 bits per heavy atom. The van der Waals surface area contributed by atoms with Crippen LogP contribution in [0, 0.1) is 35.5 Å². The van der Waals surface area contributed by atoms with Crippen LogP contribution in [0.15, 0.2) is 0 Å². The molecule has 0 aliphatic heterocycles. The minimum absolute atomic E-state index is 1.11. The molecule has 6 atom stereocenters. The van der Waals surface area contributed by atoms with E-state index in [1.807, 2.05) is 0 Å². The molecule has 4 aliphatic carbocycles. The van der Waals surface area contributed by atoms with Crippen LogP contribution in [0.2, 0.25) is 0 Å². The molecule has 0 heteroatoms. The van der Waals surface area contributed by atoms with Crippen molar-refractivity contribution in [2.24, 2.45) is 35.5 Å². The Hall–Kier alpha value is 0. The molecule has 0 nitrogen and oxygen atoms in total. The molecular weight excluding hydrogens is 336 g/mol. The van der Waals surface area contributed by atoms with Crippen LogP contribution in [0.1, 0.15) is 141 Å². The summed E-state index contributed by atoms with van der Waals surface area (Å²) >= 11 is 0. The number of hydrogen-bond acceptors (Lipinski definition) is 0. The zero-order chi connectivity index (χ0) is 19.0. The normalized spacial score (nSPS) is 37.7. The summed E-state index contributed by atoms with van der Waals surface area (Å²) in [4.78, 5) is 0. The summed E-state index contributed by atoms with van der Waals surface area (Å²) in [6.07, 6.45) is 34.2. The highest BCUT2D eigenvalue weighted by molar-refractivity contribution is 4.85. The lowest BCUT2D eigenvalue weighted by Crippen LogP contribution is -2.20. The fraction of sp³-hybridized carbons (Fsp3) is 1.00. The second-order valence-corrected chi connectivity index (χ2v) is 11.7. The smallest absolute Gasteiger partial charge is 0.0383 e. The molecule has 0 spiro atoms. The maximum Gasteiger partial charge on any atom is -0.0383 e. The van der Waals surface area contributed by atoms with E-state index in [9.17, 15) is 0 Å². The fourth-order valence-corrected chi connectivity index (χ4v) is 8.05. The fourth-order valence-electron chi connectivity index (χ4n) is 8.05. The first-order chi connectivity index (χ1) is 13.9. The van der Waals surface area contributed by atoms with Crippen molar-refractivity contribution < 1.29 is 0 Å². The monoisotopic (exact) mass is 386 g/mol. The van der Waals surface area contributed by atoms with Gasteiger partial charge in [-0.1, -0.05) is 116 Å². The lowest BCUT2D eigenvalue weighted by atomic mass is 9.74. The van der Waals surface area contributed by atoms with Crippen LogP contribution >= 0.6 is 0 Å². The van der Waals surface area contributed by atoms with E-state index in [2.05, 4.69) is 0 Å². The predicted molar refractivity (Wildman–Crippen MR) is 123 cm³/mol. The van der Waals surface area contributed by atoms with E-state index in [0.717, 1.165) is 35.5 Å². The summed E-state index contributed by atoms with van der Waals surface area (Å²) in [5.74, 6) is 6.80. The van der Waals surface area contributed by atoms with E-state index in [1.54, 1.807) is 89.9 Å². The van der Waals surface area contributed by atoms with Crippen molar-refractivity contribution in [1.82, 2.24) is 0 Å². The molecule has 4 rings (SSSR count). The second kappa shape index (κ2) is 11.4. The molecule has 4 saturated carbocycles. The first kappa shape index (κ1) is 21.2. The second-order valence-electron chi connectivity index (χ2n) is 11.7. The molecule has 0 heterocycles. The number of hydrogen-bond donors (Lipinski definition) is 0. The molecule has 0 aromatic carbocycles. The van der Waals surface area contributed by atoms with Gasteiger partial charge >= 0.3 is 0 Å². The Balaban J connectivity index is 0.928. The Kier molecular flexibility index (Phi) is 8.65. The highest BCUT2D eigenvalue weighted by Gasteiger charge is 2.34. The Morgan fingerprint density at radius 2 is 0.750 bits per heavy atom. The van der Waals surface area contributed by atoms with E-state index < -0.39 is 0 Å². The molecule has 162 valence electrons. The molecule has 0 aromatic heterocycles. The Labute approximate surface area is 177 Å². The zero-order valence-corrected chi connectivity index (χ0v) is 19.0. The van der Waals surface area contributed by atoms with Crippen molar-refractivity contribution in [3.8, 4) is 0 Å². The molecule has 0 saturated heterocycles. The van der Waals surface area contributed by atoms with Gasteiger partial charge in [-0.05, 0) is 61.2 Å². The van der Waals surface area contributed by atoms with E-state index in [1.165, 1.54) is 51.4 Å². The molecule has 0 radical (unpaired) electrons. The van der Waals surface area contributed by atoms with E-state index >= 15 is 0 Å². The molecule has 6 unspecified atom stereocenters. The summed E-state index contributed by atoms with van der Waals surface area (Å²) in [5.41, 5.74) is 0. The molecule has 0 aromatic rings. The summed E-state index contributed by atoms with van der Waals surface area (Å²) in [5, 5.41) is 0. The standard InChI is InChI=1S/C28H50/c1(3-5-7-11-23-17-19-25-13-9-15-27(25)21-23)2-4-6-8-12-24-18-20-26-14-10-16-28(26)22-24/h23-28H,1-22H2. The van der Waals surface area contributed by atoms with E-state index in [4.69, 9.17) is 0 Å². The minimum atomic E-state index is 1.11. The van der Waals surface area contributed by atoms with Crippen LogP contribution in [0.25, 0.3) is 0 Å². The van der Waals surface area contributed by atoms with Gasteiger partial charge in [0.1, 0.15) is 0 Å². The van der Waals surface area contributed by atoms with Crippen molar-refractivity contribution in [3.63, 3.8) is 0 Å². The largest absolute Gasteiger partial charge is 0.0533 e. The molecular formula is C28H50. The molecule has 0 N–H and O–H groups in total. The average Bonchev–Trinajstić information content (AvgIpc) is 3.37. The lowest BCUT2D eigenvalue weighted by Gasteiger charge is -2.32. The zero-order valence-electron chi connectivity index (χ0n) is 19.0. The summed E-state index contributed by atoms with van der Waals surface area (Å²) in [6, 6.07) is 0. The van der Waals surface area contributed by atoms with Crippen LogP contribution in [0.4, 0.5) is 0 Å². The van der Waals surface area contributed by atoms with Crippen molar-refractivity contribution in [2.45, 2.75) is 141 Å². The average molecular weight is 387 g/mol. The van der Waals surface area contributed by atoms with Gasteiger partial charge in [0.15, 0.2) is 0 Å². The van der Waals surface area contributed by atoms with Gasteiger partial charge in [-0.2, -0.15) is 0 Å². The molecule has 0 bridgehead atoms. The maximum atomic E-state index is 1.60. The predicted octanol–water partition coefficient (Wildman–Crippen LogP) is 9.32. The van der Waals surface area contributed by atoms with Gasteiger partial charge in [0.25, 0.3) is 0 Å². The third kappa shape index (κ3) is 6.25. The molecule has 28 heavy (non-hydrogen) atoms. The van der Waals surface area contributed by atoms with Gasteiger partial charge in [-0.25, -0.2) is 0 Å². The van der Waals surface area contributed by atoms with E-state index in [-0.39, 0.29) is 0 Å². The van der Waals surface area contributed by atoms with Crippen LogP contribution in [0.3, 0.4) is 0 Å². The SMILES string of the molecule is C(CCCCCC1CCC2CCCC2C1)CCCCC1CCC2CCCC2C1. The van der Waals surface area contributed by atoms with E-state index in [0.29, 0.717) is 0 Å². The third-order valence-corrected chi connectivity index (χ3v) is 9.77. The van der Waals surface area contributed by atoms with Gasteiger partial charge < -0.3 is 0 Å². The van der Waals surface area contributed by atoms with Crippen molar-refractivity contribution in [3.05, 3.63) is 0 Å². The Bertz CT molecular complexity index is 386. The molecule has 4 fully saturated rings. The third-order valence-electron chi connectivity index (χ3n) is 9.77. The quantitative estimate of drug-likeness (QED) is 0.310. The first-order valence-electron chi connectivity index (χ1n) is 13.9.